The lowest BCUT2D eigenvalue weighted by molar-refractivity contribution is -0.117. The SMILES string of the molecule is COc1cc(N2CCCC2=O)ccc1OCCN1CCC(F)C1.Oc1ccc(C2CC2)cc1. The lowest BCUT2D eigenvalue weighted by Crippen LogP contribution is -2.26. The summed E-state index contributed by atoms with van der Waals surface area (Å²) in [4.78, 5) is 15.7. The minimum Gasteiger partial charge on any atom is -0.508 e. The van der Waals surface area contributed by atoms with Crippen LogP contribution in [0.25, 0.3) is 0 Å². The molecule has 1 amide bonds. The molecular weight excluding hydrogens is 423 g/mol. The number of hydrogen-bond donors (Lipinski definition) is 1. The molecule has 33 heavy (non-hydrogen) atoms. The third-order valence-electron chi connectivity index (χ3n) is 6.35. The van der Waals surface area contributed by atoms with Crippen LogP contribution in [-0.2, 0) is 4.79 Å². The van der Waals surface area contributed by atoms with Crippen LogP contribution in [0.5, 0.6) is 17.2 Å². The molecular formula is C26H33FN2O4. The van der Waals surface area contributed by atoms with Gasteiger partial charge in [0.05, 0.1) is 7.11 Å². The van der Waals surface area contributed by atoms with Gasteiger partial charge in [0.1, 0.15) is 18.5 Å². The number of likely N-dealkylation sites (tertiary alicyclic amines) is 1. The molecule has 1 aliphatic carbocycles. The third kappa shape index (κ3) is 6.38. The Labute approximate surface area is 194 Å². The summed E-state index contributed by atoms with van der Waals surface area (Å²) in [5.41, 5.74) is 2.22. The molecule has 0 spiro atoms. The van der Waals surface area contributed by atoms with Crippen LogP contribution in [0.1, 0.15) is 43.6 Å². The molecule has 7 heteroatoms. The summed E-state index contributed by atoms with van der Waals surface area (Å²) in [5.74, 6) is 2.58. The molecule has 1 N–H and O–H groups in total. The number of phenolic OH excluding ortho intramolecular Hbond substituents is 1. The van der Waals surface area contributed by atoms with Crippen molar-refractivity contribution in [3.63, 3.8) is 0 Å². The molecule has 0 radical (unpaired) electrons. The van der Waals surface area contributed by atoms with Crippen LogP contribution in [0.4, 0.5) is 10.1 Å². The van der Waals surface area contributed by atoms with Gasteiger partial charge in [-0.25, -0.2) is 4.39 Å². The second-order valence-corrected chi connectivity index (χ2v) is 8.88. The van der Waals surface area contributed by atoms with Crippen molar-refractivity contribution in [1.29, 1.82) is 0 Å². The number of alkyl halides is 1. The summed E-state index contributed by atoms with van der Waals surface area (Å²) < 4.78 is 24.3. The van der Waals surface area contributed by atoms with Gasteiger partial charge in [-0.15, -0.1) is 0 Å². The highest BCUT2D eigenvalue weighted by Gasteiger charge is 2.24. The van der Waals surface area contributed by atoms with Crippen LogP contribution in [0.3, 0.4) is 0 Å². The number of amides is 1. The molecule has 6 nitrogen and oxygen atoms in total. The largest absolute Gasteiger partial charge is 0.508 e. The number of nitrogens with zero attached hydrogens (tertiary/aromatic N) is 2. The van der Waals surface area contributed by atoms with Crippen LogP contribution in [0, 0.1) is 0 Å². The molecule has 1 unspecified atom stereocenters. The second-order valence-electron chi connectivity index (χ2n) is 8.88. The fraction of sp³-hybridized carbons (Fsp3) is 0.500. The molecule has 2 aromatic carbocycles. The van der Waals surface area contributed by atoms with Crippen LogP contribution < -0.4 is 14.4 Å². The standard InChI is InChI=1S/C17H23FN2O3.C9H10O/c1-22-16-11-14(20-7-2-3-17(20)21)4-5-15(16)23-10-9-19-8-6-13(18)12-19;10-9-5-3-8(4-6-9)7-1-2-7/h4-5,11,13H,2-3,6-10,12H2,1H3;3-7,10H,1-2H2. The summed E-state index contributed by atoms with van der Waals surface area (Å²) in [5, 5.41) is 8.96. The number of carbonyl (C=O) groups excluding carboxylic acids is 1. The first-order valence-corrected chi connectivity index (χ1v) is 11.8. The first kappa shape index (κ1) is 23.4. The first-order chi connectivity index (χ1) is 16.0. The normalized spacial score (nSPS) is 20.5. The van der Waals surface area contributed by atoms with Gasteiger partial charge in [-0.1, -0.05) is 12.1 Å². The first-order valence-electron chi connectivity index (χ1n) is 11.8. The molecule has 5 rings (SSSR count). The molecule has 2 aliphatic heterocycles. The van der Waals surface area contributed by atoms with E-state index in [1.165, 1.54) is 18.4 Å². The monoisotopic (exact) mass is 456 g/mol. The van der Waals surface area contributed by atoms with E-state index in [9.17, 15) is 9.18 Å². The zero-order valence-corrected chi connectivity index (χ0v) is 19.2. The minimum atomic E-state index is -0.707. The van der Waals surface area contributed by atoms with Crippen LogP contribution >= 0.6 is 0 Å². The number of methoxy groups -OCH3 is 1. The zero-order valence-electron chi connectivity index (χ0n) is 19.2. The topological polar surface area (TPSA) is 62.2 Å². The molecule has 2 heterocycles. The summed E-state index contributed by atoms with van der Waals surface area (Å²) in [7, 11) is 1.59. The second kappa shape index (κ2) is 10.9. The Morgan fingerprint density at radius 3 is 2.45 bits per heavy atom. The average molecular weight is 457 g/mol. The number of anilines is 1. The van der Waals surface area contributed by atoms with Gasteiger partial charge in [-0.05, 0) is 61.4 Å². The van der Waals surface area contributed by atoms with E-state index in [-0.39, 0.29) is 5.91 Å². The van der Waals surface area contributed by atoms with Crippen LogP contribution in [0.15, 0.2) is 42.5 Å². The maximum absolute atomic E-state index is 13.1. The van der Waals surface area contributed by atoms with Crippen LogP contribution in [-0.4, -0.2) is 62.0 Å². The molecule has 3 fully saturated rings. The Morgan fingerprint density at radius 1 is 1.06 bits per heavy atom. The van der Waals surface area contributed by atoms with Crippen molar-refractivity contribution in [2.75, 3.05) is 44.8 Å². The van der Waals surface area contributed by atoms with Gasteiger partial charge in [0.25, 0.3) is 0 Å². The fourth-order valence-electron chi connectivity index (χ4n) is 4.30. The van der Waals surface area contributed by atoms with Gasteiger partial charge in [0.2, 0.25) is 5.91 Å². The fourth-order valence-corrected chi connectivity index (χ4v) is 4.30. The number of phenols is 1. The Kier molecular flexibility index (Phi) is 7.70. The molecule has 0 aromatic heterocycles. The number of rotatable bonds is 7. The van der Waals surface area contributed by atoms with E-state index in [1.54, 1.807) is 24.1 Å². The number of carbonyl (C=O) groups is 1. The van der Waals surface area contributed by atoms with Crippen molar-refractivity contribution < 1.29 is 23.8 Å². The molecule has 1 saturated carbocycles. The lowest BCUT2D eigenvalue weighted by atomic mass is 10.1. The maximum Gasteiger partial charge on any atom is 0.227 e. The Hall–Kier alpha value is -2.80. The molecule has 3 aliphatic rings. The van der Waals surface area contributed by atoms with Crippen molar-refractivity contribution in [2.24, 2.45) is 0 Å². The Morgan fingerprint density at radius 2 is 1.85 bits per heavy atom. The van der Waals surface area contributed by atoms with Gasteiger partial charge in [0.15, 0.2) is 11.5 Å². The number of benzene rings is 2. The van der Waals surface area contributed by atoms with Crippen molar-refractivity contribution in [3.05, 3.63) is 48.0 Å². The predicted octanol–water partition coefficient (Wildman–Crippen LogP) is 4.51. The molecule has 1 atom stereocenters. The van der Waals surface area contributed by atoms with E-state index in [0.717, 1.165) is 31.1 Å². The van der Waals surface area contributed by atoms with E-state index >= 15 is 0 Å². The van der Waals surface area contributed by atoms with Gasteiger partial charge < -0.3 is 19.5 Å². The highest BCUT2D eigenvalue weighted by atomic mass is 19.1. The number of halogens is 1. The maximum atomic E-state index is 13.1. The zero-order chi connectivity index (χ0) is 23.2. The Bertz CT molecular complexity index is 932. The van der Waals surface area contributed by atoms with Crippen molar-refractivity contribution in [3.8, 4) is 17.2 Å². The van der Waals surface area contributed by atoms with Crippen molar-refractivity contribution in [1.82, 2.24) is 4.90 Å². The average Bonchev–Trinajstić information content (AvgIpc) is 3.45. The van der Waals surface area contributed by atoms with E-state index in [0.29, 0.717) is 49.8 Å². The van der Waals surface area contributed by atoms with Crippen molar-refractivity contribution in [2.45, 2.75) is 44.2 Å². The third-order valence-corrected chi connectivity index (χ3v) is 6.35. The molecule has 2 aromatic rings. The quantitative estimate of drug-likeness (QED) is 0.664. The van der Waals surface area contributed by atoms with Crippen LogP contribution in [0.2, 0.25) is 0 Å². The van der Waals surface area contributed by atoms with Crippen molar-refractivity contribution >= 4 is 11.6 Å². The van der Waals surface area contributed by atoms with Gasteiger partial charge in [-0.2, -0.15) is 0 Å². The van der Waals surface area contributed by atoms with E-state index < -0.39 is 6.17 Å². The smallest absolute Gasteiger partial charge is 0.227 e. The summed E-state index contributed by atoms with van der Waals surface area (Å²) in [6, 6.07) is 13.1. The van der Waals surface area contributed by atoms with Gasteiger partial charge in [-0.3, -0.25) is 9.69 Å². The van der Waals surface area contributed by atoms with Gasteiger partial charge in [0, 0.05) is 44.4 Å². The highest BCUT2D eigenvalue weighted by molar-refractivity contribution is 5.95. The summed E-state index contributed by atoms with van der Waals surface area (Å²) >= 11 is 0. The Balaban J connectivity index is 0.000000214. The van der Waals surface area contributed by atoms with Gasteiger partial charge >= 0.3 is 0 Å². The van der Waals surface area contributed by atoms with E-state index in [4.69, 9.17) is 14.6 Å². The van der Waals surface area contributed by atoms with E-state index in [1.807, 2.05) is 30.3 Å². The lowest BCUT2D eigenvalue weighted by Gasteiger charge is -2.19. The predicted molar refractivity (Wildman–Crippen MR) is 126 cm³/mol. The number of ether oxygens (including phenoxy) is 2. The molecule has 0 bridgehead atoms. The number of hydrogen-bond acceptors (Lipinski definition) is 5. The highest BCUT2D eigenvalue weighted by Crippen LogP contribution is 2.40. The number of aromatic hydroxyl groups is 1. The summed E-state index contributed by atoms with van der Waals surface area (Å²) in [6.45, 7) is 3.23. The summed E-state index contributed by atoms with van der Waals surface area (Å²) in [6.07, 6.45) is 4.05. The molecule has 178 valence electrons. The molecule has 2 saturated heterocycles. The van der Waals surface area contributed by atoms with E-state index in [2.05, 4.69) is 4.90 Å². The minimum absolute atomic E-state index is 0.149.